The summed E-state index contributed by atoms with van der Waals surface area (Å²) >= 11 is 0. The van der Waals surface area contributed by atoms with E-state index in [1.165, 1.54) is 13.1 Å². The number of nitro groups is 1. The Hall–Kier alpha value is -2.20. The lowest BCUT2D eigenvalue weighted by Gasteiger charge is -2.07. The van der Waals surface area contributed by atoms with Crippen LogP contribution >= 0.6 is 0 Å². The van der Waals surface area contributed by atoms with E-state index >= 15 is 0 Å². The quantitative estimate of drug-likeness (QED) is 0.484. The zero-order chi connectivity index (χ0) is 15.3. The highest BCUT2D eigenvalue weighted by Gasteiger charge is 2.20. The van der Waals surface area contributed by atoms with Gasteiger partial charge in [0.25, 0.3) is 5.69 Å². The van der Waals surface area contributed by atoms with Crippen molar-refractivity contribution >= 4 is 27.4 Å². The lowest BCUT2D eigenvalue weighted by atomic mass is 10.1. The molecule has 0 heterocycles. The molecule has 0 unspecified atom stereocenters. The smallest absolute Gasteiger partial charge is 0.342 e. The summed E-state index contributed by atoms with van der Waals surface area (Å²) in [4.78, 5) is 20.8. The first-order chi connectivity index (χ1) is 9.26. The van der Waals surface area contributed by atoms with Crippen LogP contribution in [0.2, 0.25) is 0 Å². The van der Waals surface area contributed by atoms with Crippen molar-refractivity contribution in [2.24, 2.45) is 0 Å². The topological polar surface area (TPSA) is 139 Å². The number of carboxylic acid groups (broad SMARTS) is 1. The summed E-state index contributed by atoms with van der Waals surface area (Å²) in [5, 5.41) is 22.3. The maximum Gasteiger partial charge on any atom is 0.342 e. The first-order valence-corrected chi connectivity index (χ1v) is 7.09. The third-order valence-corrected chi connectivity index (χ3v) is 3.80. The molecule has 0 atom stereocenters. The van der Waals surface area contributed by atoms with Crippen LogP contribution < -0.4 is 10.0 Å². The molecule has 0 amide bonds. The molecule has 0 aliphatic heterocycles. The molecule has 1 aromatic rings. The average molecular weight is 303 g/mol. The lowest BCUT2D eigenvalue weighted by molar-refractivity contribution is -0.385. The van der Waals surface area contributed by atoms with Crippen LogP contribution in [0.4, 0.5) is 11.4 Å². The Morgan fingerprint density at radius 2 is 2.10 bits per heavy atom. The normalized spacial score (nSPS) is 11.1. The van der Waals surface area contributed by atoms with E-state index in [4.69, 9.17) is 5.11 Å². The molecule has 110 valence electrons. The molecule has 0 aromatic heterocycles. The van der Waals surface area contributed by atoms with Crippen molar-refractivity contribution in [1.82, 2.24) is 4.72 Å². The summed E-state index contributed by atoms with van der Waals surface area (Å²) in [6.07, 6.45) is 0. The number of carboxylic acids is 1. The molecule has 1 aromatic carbocycles. The van der Waals surface area contributed by atoms with Crippen LogP contribution in [0.5, 0.6) is 0 Å². The SMILES string of the molecule is CNS(=O)(=O)CCNc1ccc(C(=O)O)c([N+](=O)[O-])c1. The summed E-state index contributed by atoms with van der Waals surface area (Å²) in [5.74, 6) is -1.61. The summed E-state index contributed by atoms with van der Waals surface area (Å²) < 4.78 is 24.5. The number of aromatic carboxylic acids is 1. The molecule has 10 heteroatoms. The molecule has 0 saturated carbocycles. The van der Waals surface area contributed by atoms with Crippen molar-refractivity contribution < 1.29 is 23.2 Å². The Kier molecular flexibility index (Phi) is 5.00. The van der Waals surface area contributed by atoms with Gasteiger partial charge >= 0.3 is 5.97 Å². The molecule has 0 aliphatic carbocycles. The molecule has 3 N–H and O–H groups in total. The third kappa shape index (κ3) is 4.17. The van der Waals surface area contributed by atoms with Crippen molar-refractivity contribution in [1.29, 1.82) is 0 Å². The molecule has 1 rings (SSSR count). The third-order valence-electron chi connectivity index (χ3n) is 2.44. The standard InChI is InChI=1S/C10H13N3O6S/c1-11-20(18,19)5-4-12-7-2-3-8(10(14)15)9(6-7)13(16)17/h2-3,6,11-12H,4-5H2,1H3,(H,14,15). The largest absolute Gasteiger partial charge is 0.477 e. The summed E-state index contributed by atoms with van der Waals surface area (Å²) in [5.41, 5.74) is -0.713. The van der Waals surface area contributed by atoms with E-state index in [0.29, 0.717) is 0 Å². The van der Waals surface area contributed by atoms with Gasteiger partial charge in [-0.05, 0) is 19.2 Å². The molecule has 0 spiro atoms. The molecule has 20 heavy (non-hydrogen) atoms. The minimum atomic E-state index is -3.38. The van der Waals surface area contributed by atoms with E-state index in [9.17, 15) is 23.3 Å². The first kappa shape index (κ1) is 15.9. The fourth-order valence-corrected chi connectivity index (χ4v) is 1.98. The van der Waals surface area contributed by atoms with Gasteiger partial charge in [0.15, 0.2) is 0 Å². The van der Waals surface area contributed by atoms with E-state index in [1.54, 1.807) is 0 Å². The van der Waals surface area contributed by atoms with Crippen LogP contribution in [0.3, 0.4) is 0 Å². The number of carbonyl (C=O) groups is 1. The number of rotatable bonds is 7. The van der Waals surface area contributed by atoms with Gasteiger partial charge in [-0.25, -0.2) is 17.9 Å². The minimum absolute atomic E-state index is 0.0345. The monoisotopic (exact) mass is 303 g/mol. The van der Waals surface area contributed by atoms with Crippen molar-refractivity contribution in [2.45, 2.75) is 0 Å². The molecular formula is C10H13N3O6S. The molecular weight excluding hydrogens is 290 g/mol. The summed E-state index contributed by atoms with van der Waals surface area (Å²) in [6.45, 7) is 0.0345. The number of anilines is 1. The van der Waals surface area contributed by atoms with Crippen LogP contribution in [0.1, 0.15) is 10.4 Å². The minimum Gasteiger partial charge on any atom is -0.477 e. The van der Waals surface area contributed by atoms with Gasteiger partial charge in [0.05, 0.1) is 10.7 Å². The van der Waals surface area contributed by atoms with Gasteiger partial charge in [-0.2, -0.15) is 0 Å². The second-order valence-electron chi connectivity index (χ2n) is 3.74. The maximum atomic E-state index is 11.2. The second-order valence-corrected chi connectivity index (χ2v) is 5.79. The highest BCUT2D eigenvalue weighted by Crippen LogP contribution is 2.23. The van der Waals surface area contributed by atoms with Crippen molar-refractivity contribution in [3.8, 4) is 0 Å². The first-order valence-electron chi connectivity index (χ1n) is 5.43. The fraction of sp³-hybridized carbons (Fsp3) is 0.300. The fourth-order valence-electron chi connectivity index (χ4n) is 1.41. The molecule has 0 aliphatic rings. The molecule has 0 fully saturated rings. The van der Waals surface area contributed by atoms with E-state index in [0.717, 1.165) is 12.1 Å². The average Bonchev–Trinajstić information content (AvgIpc) is 2.38. The van der Waals surface area contributed by atoms with Gasteiger partial charge in [0.1, 0.15) is 5.56 Å². The number of hydrogen-bond donors (Lipinski definition) is 3. The van der Waals surface area contributed by atoms with Gasteiger partial charge in [-0.1, -0.05) is 0 Å². The molecule has 0 radical (unpaired) electrons. The van der Waals surface area contributed by atoms with Gasteiger partial charge in [-0.15, -0.1) is 0 Å². The number of benzene rings is 1. The molecule has 0 bridgehead atoms. The number of sulfonamides is 1. The summed E-state index contributed by atoms with van der Waals surface area (Å²) in [6, 6.07) is 3.48. The zero-order valence-corrected chi connectivity index (χ0v) is 11.3. The van der Waals surface area contributed by atoms with E-state index in [1.807, 2.05) is 0 Å². The highest BCUT2D eigenvalue weighted by molar-refractivity contribution is 7.89. The second kappa shape index (κ2) is 6.30. The molecule has 0 saturated heterocycles. The number of nitro benzene ring substituents is 1. The summed E-state index contributed by atoms with van der Waals surface area (Å²) in [7, 11) is -2.10. The van der Waals surface area contributed by atoms with Crippen LogP contribution in [0.25, 0.3) is 0 Å². The van der Waals surface area contributed by atoms with Gasteiger partial charge < -0.3 is 10.4 Å². The maximum absolute atomic E-state index is 11.2. The predicted molar refractivity (Wildman–Crippen MR) is 71.4 cm³/mol. The lowest BCUT2D eigenvalue weighted by Crippen LogP contribution is -2.26. The Bertz CT molecular complexity index is 628. The van der Waals surface area contributed by atoms with Crippen molar-refractivity contribution in [2.75, 3.05) is 24.7 Å². The van der Waals surface area contributed by atoms with Gasteiger partial charge in [0.2, 0.25) is 10.0 Å². The highest BCUT2D eigenvalue weighted by atomic mass is 32.2. The zero-order valence-electron chi connectivity index (χ0n) is 10.5. The van der Waals surface area contributed by atoms with Gasteiger partial charge in [-0.3, -0.25) is 10.1 Å². The molecule has 9 nitrogen and oxygen atoms in total. The van der Waals surface area contributed by atoms with Crippen LogP contribution in [0, 0.1) is 10.1 Å². The van der Waals surface area contributed by atoms with Crippen LogP contribution in [-0.2, 0) is 10.0 Å². The van der Waals surface area contributed by atoms with Gasteiger partial charge in [0, 0.05) is 18.3 Å². The number of nitrogens with zero attached hydrogens (tertiary/aromatic N) is 1. The van der Waals surface area contributed by atoms with Crippen molar-refractivity contribution in [3.63, 3.8) is 0 Å². The van der Waals surface area contributed by atoms with E-state index < -0.39 is 32.2 Å². The Balaban J connectivity index is 2.86. The Morgan fingerprint density at radius 1 is 1.45 bits per heavy atom. The Morgan fingerprint density at radius 3 is 2.60 bits per heavy atom. The Labute approximate surface area is 114 Å². The van der Waals surface area contributed by atoms with Crippen molar-refractivity contribution in [3.05, 3.63) is 33.9 Å². The van der Waals surface area contributed by atoms with Crippen LogP contribution in [-0.4, -0.2) is 43.8 Å². The van der Waals surface area contributed by atoms with Crippen LogP contribution in [0.15, 0.2) is 18.2 Å². The number of hydrogen-bond acceptors (Lipinski definition) is 6. The van der Waals surface area contributed by atoms with E-state index in [-0.39, 0.29) is 18.0 Å². The predicted octanol–water partition coefficient (Wildman–Crippen LogP) is 0.254. The number of nitrogens with one attached hydrogen (secondary N) is 2. The van der Waals surface area contributed by atoms with E-state index in [2.05, 4.69) is 10.0 Å².